The van der Waals surface area contributed by atoms with Crippen molar-refractivity contribution in [1.29, 1.82) is 0 Å². The second-order valence-corrected chi connectivity index (χ2v) is 5.73. The summed E-state index contributed by atoms with van der Waals surface area (Å²) in [4.78, 5) is 14.7. The lowest BCUT2D eigenvalue weighted by Crippen LogP contribution is -2.44. The predicted molar refractivity (Wildman–Crippen MR) is 93.1 cm³/mol. The minimum absolute atomic E-state index is 0. The number of nitrogens with one attached hydrogen (secondary N) is 2. The van der Waals surface area contributed by atoms with E-state index in [4.69, 9.17) is 0 Å². The first kappa shape index (κ1) is 19.0. The Bertz CT molecular complexity index is 481. The average Bonchev–Trinajstić information content (AvgIpc) is 2.79. The van der Waals surface area contributed by atoms with E-state index in [9.17, 15) is 4.79 Å². The summed E-state index contributed by atoms with van der Waals surface area (Å²) in [5, 5.41) is 6.40. The second kappa shape index (κ2) is 9.18. The van der Waals surface area contributed by atoms with Crippen LogP contribution in [0.1, 0.15) is 35.1 Å². The molecule has 1 aromatic heterocycles. The molecule has 2 heterocycles. The zero-order valence-electron chi connectivity index (χ0n) is 13.9. The molecule has 0 bridgehead atoms. The summed E-state index contributed by atoms with van der Waals surface area (Å²) in [6.07, 6.45) is 1.01. The highest BCUT2D eigenvalue weighted by atomic mass is 35.5. The quantitative estimate of drug-likeness (QED) is 0.779. The van der Waals surface area contributed by atoms with E-state index >= 15 is 0 Å². The predicted octanol–water partition coefficient (Wildman–Crippen LogP) is 1.57. The fraction of sp³-hybridized carbons (Fsp3) is 0.688. The minimum Gasteiger partial charge on any atom is -0.352 e. The highest BCUT2D eigenvalue weighted by Gasteiger charge is 2.14. The van der Waals surface area contributed by atoms with E-state index in [0.717, 1.165) is 69.2 Å². The van der Waals surface area contributed by atoms with Crippen LogP contribution in [0.2, 0.25) is 0 Å². The van der Waals surface area contributed by atoms with Gasteiger partial charge in [0.25, 0.3) is 5.91 Å². The molecule has 5 nitrogen and oxygen atoms in total. The van der Waals surface area contributed by atoms with Gasteiger partial charge in [-0.05, 0) is 39.8 Å². The van der Waals surface area contributed by atoms with Crippen LogP contribution in [-0.4, -0.2) is 54.6 Å². The minimum atomic E-state index is 0. The first-order valence-corrected chi connectivity index (χ1v) is 8.01. The number of aromatic nitrogens is 1. The number of aryl methyl sites for hydroxylation is 1. The van der Waals surface area contributed by atoms with Crippen LogP contribution in [0.5, 0.6) is 0 Å². The number of hydrogen-bond donors (Lipinski definition) is 2. The molecule has 1 fully saturated rings. The molecule has 126 valence electrons. The van der Waals surface area contributed by atoms with Crippen molar-refractivity contribution < 1.29 is 4.79 Å². The van der Waals surface area contributed by atoms with Gasteiger partial charge in [-0.15, -0.1) is 12.4 Å². The van der Waals surface area contributed by atoms with Crippen molar-refractivity contribution in [3.63, 3.8) is 0 Å². The van der Waals surface area contributed by atoms with Gasteiger partial charge in [0.15, 0.2) is 0 Å². The molecule has 1 aliphatic rings. The first-order chi connectivity index (χ1) is 10.1. The van der Waals surface area contributed by atoms with Crippen molar-refractivity contribution in [2.75, 3.05) is 39.3 Å². The Kier molecular flexibility index (Phi) is 7.93. The molecule has 0 atom stereocenters. The van der Waals surface area contributed by atoms with E-state index < -0.39 is 0 Å². The number of nitrogens with zero attached hydrogens (tertiary/aromatic N) is 2. The second-order valence-electron chi connectivity index (χ2n) is 5.73. The van der Waals surface area contributed by atoms with Crippen molar-refractivity contribution in [2.24, 2.45) is 0 Å². The van der Waals surface area contributed by atoms with Crippen LogP contribution in [0.4, 0.5) is 0 Å². The normalized spacial score (nSPS) is 15.4. The molecule has 2 N–H and O–H groups in total. The molecule has 1 aliphatic heterocycles. The molecule has 0 aliphatic carbocycles. The van der Waals surface area contributed by atoms with Gasteiger partial charge in [-0.2, -0.15) is 0 Å². The van der Waals surface area contributed by atoms with Crippen LogP contribution < -0.4 is 10.6 Å². The number of rotatable bonds is 6. The van der Waals surface area contributed by atoms with Gasteiger partial charge < -0.3 is 20.1 Å². The van der Waals surface area contributed by atoms with Crippen LogP contribution in [0.3, 0.4) is 0 Å². The Balaban J connectivity index is 0.00000242. The molecule has 0 radical (unpaired) electrons. The molecule has 0 unspecified atom stereocenters. The number of amides is 1. The standard InChI is InChI=1S/C16H28N4O.ClH/c1-4-20-13(2)12-15(14(20)3)16(21)18-6-5-9-19-10-7-17-8-11-19;/h12,17H,4-11H2,1-3H3,(H,18,21);1H. The smallest absolute Gasteiger partial charge is 0.253 e. The van der Waals surface area contributed by atoms with Crippen LogP contribution in [0.25, 0.3) is 0 Å². The van der Waals surface area contributed by atoms with Gasteiger partial charge in [-0.3, -0.25) is 4.79 Å². The largest absolute Gasteiger partial charge is 0.352 e. The molecule has 1 saturated heterocycles. The molecule has 1 aromatic rings. The zero-order chi connectivity index (χ0) is 15.2. The van der Waals surface area contributed by atoms with E-state index in [1.54, 1.807) is 0 Å². The summed E-state index contributed by atoms with van der Waals surface area (Å²) in [5.74, 6) is 0.0584. The Morgan fingerprint density at radius 2 is 2.00 bits per heavy atom. The molecule has 6 heteroatoms. The molecular formula is C16H29ClN4O. The van der Waals surface area contributed by atoms with E-state index in [0.29, 0.717) is 0 Å². The Morgan fingerprint density at radius 1 is 1.32 bits per heavy atom. The topological polar surface area (TPSA) is 49.3 Å². The van der Waals surface area contributed by atoms with Crippen LogP contribution >= 0.6 is 12.4 Å². The van der Waals surface area contributed by atoms with Gasteiger partial charge in [0, 0.05) is 50.7 Å². The zero-order valence-corrected chi connectivity index (χ0v) is 14.8. The summed E-state index contributed by atoms with van der Waals surface area (Å²) < 4.78 is 2.18. The number of carbonyl (C=O) groups is 1. The number of carbonyl (C=O) groups excluding carboxylic acids is 1. The van der Waals surface area contributed by atoms with Crippen LogP contribution in [-0.2, 0) is 6.54 Å². The Hall–Kier alpha value is -1.04. The van der Waals surface area contributed by atoms with Crippen molar-refractivity contribution >= 4 is 18.3 Å². The fourth-order valence-corrected chi connectivity index (χ4v) is 3.05. The van der Waals surface area contributed by atoms with Crippen molar-refractivity contribution in [1.82, 2.24) is 20.1 Å². The lowest BCUT2D eigenvalue weighted by Gasteiger charge is -2.27. The maximum absolute atomic E-state index is 12.3. The van der Waals surface area contributed by atoms with E-state index in [-0.39, 0.29) is 18.3 Å². The van der Waals surface area contributed by atoms with Gasteiger partial charge >= 0.3 is 0 Å². The summed E-state index contributed by atoms with van der Waals surface area (Å²) >= 11 is 0. The molecule has 0 aromatic carbocycles. The van der Waals surface area contributed by atoms with Crippen molar-refractivity contribution in [3.8, 4) is 0 Å². The van der Waals surface area contributed by atoms with E-state index in [2.05, 4.69) is 33.9 Å². The van der Waals surface area contributed by atoms with Crippen LogP contribution in [0.15, 0.2) is 6.07 Å². The molecular weight excluding hydrogens is 300 g/mol. The maximum atomic E-state index is 12.3. The average molecular weight is 329 g/mol. The van der Waals surface area contributed by atoms with Gasteiger partial charge in [-0.25, -0.2) is 0 Å². The lowest BCUT2D eigenvalue weighted by atomic mass is 10.2. The van der Waals surface area contributed by atoms with Gasteiger partial charge in [0.1, 0.15) is 0 Å². The molecule has 2 rings (SSSR count). The molecule has 22 heavy (non-hydrogen) atoms. The number of halogens is 1. The number of hydrogen-bond acceptors (Lipinski definition) is 3. The molecule has 0 saturated carbocycles. The molecule has 0 spiro atoms. The molecule has 1 amide bonds. The van der Waals surface area contributed by atoms with Gasteiger partial charge in [-0.1, -0.05) is 0 Å². The third kappa shape index (κ3) is 4.73. The Labute approximate surface area is 139 Å². The maximum Gasteiger partial charge on any atom is 0.253 e. The SMILES string of the molecule is CCn1c(C)cc(C(=O)NCCCN2CCNCC2)c1C.Cl. The fourth-order valence-electron chi connectivity index (χ4n) is 3.05. The summed E-state index contributed by atoms with van der Waals surface area (Å²) in [6, 6.07) is 1.99. The van der Waals surface area contributed by atoms with E-state index in [1.165, 1.54) is 0 Å². The Morgan fingerprint density at radius 3 is 2.59 bits per heavy atom. The summed E-state index contributed by atoms with van der Waals surface area (Å²) in [7, 11) is 0. The third-order valence-electron chi connectivity index (χ3n) is 4.28. The van der Waals surface area contributed by atoms with E-state index in [1.807, 2.05) is 13.0 Å². The first-order valence-electron chi connectivity index (χ1n) is 8.01. The summed E-state index contributed by atoms with van der Waals surface area (Å²) in [5.41, 5.74) is 3.03. The highest BCUT2D eigenvalue weighted by Crippen LogP contribution is 2.14. The van der Waals surface area contributed by atoms with Crippen molar-refractivity contribution in [3.05, 3.63) is 23.0 Å². The number of piperazine rings is 1. The van der Waals surface area contributed by atoms with Gasteiger partial charge in [0.05, 0.1) is 5.56 Å². The lowest BCUT2D eigenvalue weighted by molar-refractivity contribution is 0.0950. The summed E-state index contributed by atoms with van der Waals surface area (Å²) in [6.45, 7) is 13.3. The monoisotopic (exact) mass is 328 g/mol. The highest BCUT2D eigenvalue weighted by molar-refractivity contribution is 5.95. The van der Waals surface area contributed by atoms with Gasteiger partial charge in [0.2, 0.25) is 0 Å². The van der Waals surface area contributed by atoms with Crippen LogP contribution in [0, 0.1) is 13.8 Å². The van der Waals surface area contributed by atoms with Crippen molar-refractivity contribution in [2.45, 2.75) is 33.7 Å². The third-order valence-corrected chi connectivity index (χ3v) is 4.28.